The van der Waals surface area contributed by atoms with Crippen molar-refractivity contribution < 1.29 is 4.79 Å². The summed E-state index contributed by atoms with van der Waals surface area (Å²) in [4.78, 5) is 29.6. The van der Waals surface area contributed by atoms with Gasteiger partial charge in [0.15, 0.2) is 0 Å². The highest BCUT2D eigenvalue weighted by molar-refractivity contribution is 5.84. The number of H-pyrrole nitrogens is 1. The Balaban J connectivity index is 1.35. The molecule has 7 nitrogen and oxygen atoms in total. The molecule has 0 saturated carbocycles. The van der Waals surface area contributed by atoms with Gasteiger partial charge in [0.1, 0.15) is 0 Å². The lowest BCUT2D eigenvalue weighted by molar-refractivity contribution is -0.125. The van der Waals surface area contributed by atoms with Gasteiger partial charge in [-0.25, -0.2) is 9.97 Å². The van der Waals surface area contributed by atoms with Crippen LogP contribution in [-0.2, 0) is 4.79 Å². The molecule has 35 heavy (non-hydrogen) atoms. The number of carbonyl (C=O) groups is 1. The number of hydrogen-bond donors (Lipinski definition) is 2. The quantitative estimate of drug-likeness (QED) is 0.425. The fraction of sp³-hybridized carbons (Fsp3) is 0.321. The van der Waals surface area contributed by atoms with Crippen LogP contribution in [0.25, 0.3) is 10.9 Å². The Kier molecular flexibility index (Phi) is 6.66. The third-order valence-corrected chi connectivity index (χ3v) is 6.92. The van der Waals surface area contributed by atoms with Crippen molar-refractivity contribution in [1.29, 1.82) is 0 Å². The Hall–Kier alpha value is -3.87. The minimum absolute atomic E-state index is 0.0449. The maximum Gasteiger partial charge on any atom is 0.225 e. The first kappa shape index (κ1) is 22.9. The summed E-state index contributed by atoms with van der Waals surface area (Å²) in [6, 6.07) is 18.8. The van der Waals surface area contributed by atoms with E-state index in [0.29, 0.717) is 19.0 Å². The third-order valence-electron chi connectivity index (χ3n) is 6.92. The Bertz CT molecular complexity index is 1270. The average Bonchev–Trinajstić information content (AvgIpc) is 3.33. The molecular formula is C28H32N6O. The van der Waals surface area contributed by atoms with Crippen LogP contribution in [0.4, 0.5) is 11.6 Å². The summed E-state index contributed by atoms with van der Waals surface area (Å²) in [5.74, 6) is 0.763. The van der Waals surface area contributed by atoms with Gasteiger partial charge in [-0.3, -0.25) is 4.79 Å². The zero-order valence-corrected chi connectivity index (χ0v) is 20.3. The van der Waals surface area contributed by atoms with Crippen molar-refractivity contribution >= 4 is 28.4 Å². The van der Waals surface area contributed by atoms with Crippen LogP contribution in [-0.4, -0.2) is 54.6 Å². The molecule has 0 bridgehead atoms. The number of aromatic nitrogens is 3. The lowest BCUT2D eigenvalue weighted by Gasteiger charge is -2.32. The van der Waals surface area contributed by atoms with Crippen molar-refractivity contribution in [3.8, 4) is 0 Å². The molecule has 5 rings (SSSR count). The third kappa shape index (κ3) is 4.99. The molecule has 180 valence electrons. The maximum absolute atomic E-state index is 13.3. The van der Waals surface area contributed by atoms with Gasteiger partial charge >= 0.3 is 0 Å². The number of fused-ring (bicyclic) bond motifs is 1. The number of amides is 1. The molecule has 0 radical (unpaired) electrons. The van der Waals surface area contributed by atoms with E-state index in [1.165, 1.54) is 16.5 Å². The van der Waals surface area contributed by atoms with Crippen LogP contribution >= 0.6 is 0 Å². The molecule has 1 amide bonds. The van der Waals surface area contributed by atoms with Crippen LogP contribution in [0, 0.1) is 5.92 Å². The van der Waals surface area contributed by atoms with Gasteiger partial charge in [-0.2, -0.15) is 0 Å². The van der Waals surface area contributed by atoms with Crippen LogP contribution < -0.4 is 15.1 Å². The van der Waals surface area contributed by atoms with Crippen molar-refractivity contribution in [3.05, 3.63) is 84.3 Å². The summed E-state index contributed by atoms with van der Waals surface area (Å²) >= 11 is 0. The predicted octanol–water partition coefficient (Wildman–Crippen LogP) is 4.19. The smallest absolute Gasteiger partial charge is 0.225 e. The van der Waals surface area contributed by atoms with Gasteiger partial charge in [0.25, 0.3) is 0 Å². The molecule has 3 heterocycles. The van der Waals surface area contributed by atoms with Gasteiger partial charge in [0, 0.05) is 74.8 Å². The standard InChI is InChI=1S/C28H32N6O/c1-33(2)22-12-10-20(11-13-22)24(25-18-31-26-9-4-3-8-23(25)26)17-32-27(35)21-7-5-16-34(19-21)28-29-14-6-15-30-28/h3-4,6,8-15,18,21,24,31H,5,7,16-17,19H2,1-2H3,(H,32,35)/t21-,24-/m0/s1. The summed E-state index contributed by atoms with van der Waals surface area (Å²) in [6.45, 7) is 2.06. The monoisotopic (exact) mass is 468 g/mol. The number of carbonyl (C=O) groups excluding carboxylic acids is 1. The molecule has 1 aliphatic rings. The highest BCUT2D eigenvalue weighted by atomic mass is 16.1. The molecule has 1 aliphatic heterocycles. The van der Waals surface area contributed by atoms with E-state index in [1.807, 2.05) is 26.2 Å². The Morgan fingerprint density at radius 3 is 2.66 bits per heavy atom. The molecule has 2 atom stereocenters. The van der Waals surface area contributed by atoms with Gasteiger partial charge < -0.3 is 20.1 Å². The van der Waals surface area contributed by atoms with Crippen LogP contribution in [0.5, 0.6) is 0 Å². The molecule has 2 aromatic carbocycles. The van der Waals surface area contributed by atoms with Crippen molar-refractivity contribution in [2.45, 2.75) is 18.8 Å². The summed E-state index contributed by atoms with van der Waals surface area (Å²) in [5, 5.41) is 4.47. The van der Waals surface area contributed by atoms with Crippen LogP contribution in [0.15, 0.2) is 73.2 Å². The number of hydrogen-bond acceptors (Lipinski definition) is 5. The second kappa shape index (κ2) is 10.2. The van der Waals surface area contributed by atoms with Gasteiger partial charge in [0.2, 0.25) is 11.9 Å². The number of aromatic amines is 1. The van der Waals surface area contributed by atoms with Crippen LogP contribution in [0.1, 0.15) is 29.9 Å². The largest absolute Gasteiger partial charge is 0.378 e. The Morgan fingerprint density at radius 1 is 1.11 bits per heavy atom. The normalized spacial score (nSPS) is 16.7. The molecule has 4 aromatic rings. The van der Waals surface area contributed by atoms with E-state index >= 15 is 0 Å². The number of rotatable bonds is 7. The second-order valence-electron chi connectivity index (χ2n) is 9.41. The maximum atomic E-state index is 13.3. The first-order chi connectivity index (χ1) is 17.1. The predicted molar refractivity (Wildman–Crippen MR) is 141 cm³/mol. The van der Waals surface area contributed by atoms with Gasteiger partial charge in [-0.15, -0.1) is 0 Å². The van der Waals surface area contributed by atoms with Crippen LogP contribution in [0.2, 0.25) is 0 Å². The molecule has 1 saturated heterocycles. The number of nitrogens with zero attached hydrogens (tertiary/aromatic N) is 4. The first-order valence-electron chi connectivity index (χ1n) is 12.2. The first-order valence-corrected chi connectivity index (χ1v) is 12.2. The van der Waals surface area contributed by atoms with E-state index in [0.717, 1.165) is 30.6 Å². The van der Waals surface area contributed by atoms with Crippen molar-refractivity contribution in [2.75, 3.05) is 43.5 Å². The number of nitrogens with one attached hydrogen (secondary N) is 2. The highest BCUT2D eigenvalue weighted by Crippen LogP contribution is 2.31. The summed E-state index contributed by atoms with van der Waals surface area (Å²) in [6.07, 6.45) is 7.41. The van der Waals surface area contributed by atoms with E-state index < -0.39 is 0 Å². The van der Waals surface area contributed by atoms with E-state index in [1.54, 1.807) is 12.4 Å². The summed E-state index contributed by atoms with van der Waals surface area (Å²) in [5.41, 5.74) is 4.64. The molecule has 2 aromatic heterocycles. The van der Waals surface area contributed by atoms with E-state index in [-0.39, 0.29) is 17.7 Å². The molecule has 0 aliphatic carbocycles. The topological polar surface area (TPSA) is 77.2 Å². The number of para-hydroxylation sites is 1. The zero-order chi connectivity index (χ0) is 24.2. The SMILES string of the molecule is CN(C)c1ccc([C@H](CNC(=O)[C@H]2CCCN(c3ncccn3)C2)c2c[nH]c3ccccc23)cc1. The zero-order valence-electron chi connectivity index (χ0n) is 20.3. The molecule has 1 fully saturated rings. The summed E-state index contributed by atoms with van der Waals surface area (Å²) < 4.78 is 0. The number of benzene rings is 2. The lowest BCUT2D eigenvalue weighted by Crippen LogP contribution is -2.44. The molecule has 2 N–H and O–H groups in total. The van der Waals surface area contributed by atoms with E-state index in [2.05, 4.69) is 78.7 Å². The van der Waals surface area contributed by atoms with Gasteiger partial charge in [-0.05, 0) is 48.2 Å². The number of piperidine rings is 1. The minimum Gasteiger partial charge on any atom is -0.378 e. The van der Waals surface area contributed by atoms with Crippen molar-refractivity contribution in [2.24, 2.45) is 5.92 Å². The van der Waals surface area contributed by atoms with Crippen molar-refractivity contribution in [1.82, 2.24) is 20.3 Å². The van der Waals surface area contributed by atoms with Gasteiger partial charge in [-0.1, -0.05) is 30.3 Å². The summed E-state index contributed by atoms with van der Waals surface area (Å²) in [7, 11) is 4.08. The lowest BCUT2D eigenvalue weighted by atomic mass is 9.90. The van der Waals surface area contributed by atoms with Gasteiger partial charge in [0.05, 0.1) is 5.92 Å². The Morgan fingerprint density at radius 2 is 1.89 bits per heavy atom. The minimum atomic E-state index is -0.0766. The fourth-order valence-corrected chi connectivity index (χ4v) is 4.97. The Labute approximate surface area is 206 Å². The average molecular weight is 469 g/mol. The van der Waals surface area contributed by atoms with Crippen molar-refractivity contribution in [3.63, 3.8) is 0 Å². The fourth-order valence-electron chi connectivity index (χ4n) is 4.97. The number of anilines is 2. The van der Waals surface area contributed by atoms with E-state index in [9.17, 15) is 4.79 Å². The van der Waals surface area contributed by atoms with E-state index in [4.69, 9.17) is 0 Å². The molecule has 0 unspecified atom stereocenters. The highest BCUT2D eigenvalue weighted by Gasteiger charge is 2.28. The second-order valence-corrected chi connectivity index (χ2v) is 9.41. The molecular weight excluding hydrogens is 436 g/mol. The molecule has 0 spiro atoms. The van der Waals surface area contributed by atoms with Crippen LogP contribution in [0.3, 0.4) is 0 Å². The molecule has 7 heteroatoms.